The van der Waals surface area contributed by atoms with Gasteiger partial charge in [-0.2, -0.15) is 14.9 Å². The van der Waals surface area contributed by atoms with E-state index in [2.05, 4.69) is 31.2 Å². The van der Waals surface area contributed by atoms with Crippen molar-refractivity contribution in [1.82, 2.24) is 14.9 Å². The third-order valence-electron chi connectivity index (χ3n) is 3.13. The Labute approximate surface area is 141 Å². The first-order chi connectivity index (χ1) is 10.6. The van der Waals surface area contributed by atoms with E-state index >= 15 is 0 Å². The second-order valence-electron chi connectivity index (χ2n) is 4.83. The largest absolute Gasteiger partial charge is 0.250 e. The Balaban J connectivity index is 1.99. The van der Waals surface area contributed by atoms with Crippen LogP contribution < -0.4 is 0 Å². The second-order valence-corrected chi connectivity index (χ2v) is 6.13. The lowest BCUT2D eigenvalue weighted by molar-refractivity contribution is 0.871. The Morgan fingerprint density at radius 3 is 2.73 bits per heavy atom. The first kappa shape index (κ1) is 14.9. The van der Waals surface area contributed by atoms with Gasteiger partial charge in [0.25, 0.3) is 0 Å². The molecular weight excluding hydrogens is 360 g/mol. The van der Waals surface area contributed by atoms with Crippen molar-refractivity contribution < 1.29 is 0 Å². The van der Waals surface area contributed by atoms with Gasteiger partial charge < -0.3 is 0 Å². The molecule has 22 heavy (non-hydrogen) atoms. The maximum absolute atomic E-state index is 5.26. The molecule has 0 saturated carbocycles. The summed E-state index contributed by atoms with van der Waals surface area (Å²) >= 11 is 8.71. The summed E-state index contributed by atoms with van der Waals surface area (Å²) in [5.74, 6) is 0.691. The number of rotatable bonds is 3. The molecule has 0 saturated heterocycles. The molecule has 3 aromatic rings. The van der Waals surface area contributed by atoms with Crippen LogP contribution in [-0.4, -0.2) is 21.1 Å². The van der Waals surface area contributed by atoms with Gasteiger partial charge in [0.15, 0.2) is 5.82 Å². The molecule has 1 heterocycles. The number of H-pyrrole nitrogens is 1. The Kier molecular flexibility index (Phi) is 4.31. The van der Waals surface area contributed by atoms with Crippen LogP contribution in [0, 0.1) is 11.7 Å². The van der Waals surface area contributed by atoms with E-state index in [0.717, 1.165) is 15.6 Å². The summed E-state index contributed by atoms with van der Waals surface area (Å²) in [6, 6.07) is 16.0. The van der Waals surface area contributed by atoms with E-state index < -0.39 is 0 Å². The van der Waals surface area contributed by atoms with Gasteiger partial charge in [-0.3, -0.25) is 0 Å². The standard InChI is InChI=1S/C16H13BrN4S/c1-11-5-7-13(8-6-11)15-19-20-16(22)21(15)18-10-12-3-2-4-14(17)9-12/h2-10H,1H3,(H,20,22). The molecule has 0 unspecified atom stereocenters. The molecule has 3 rings (SSSR count). The van der Waals surface area contributed by atoms with Crippen LogP contribution in [0.1, 0.15) is 11.1 Å². The average molecular weight is 373 g/mol. The number of hydrogen-bond donors (Lipinski definition) is 1. The Bertz CT molecular complexity index is 878. The van der Waals surface area contributed by atoms with E-state index in [1.165, 1.54) is 5.56 Å². The molecule has 110 valence electrons. The molecule has 6 heteroatoms. The second kappa shape index (κ2) is 6.37. The van der Waals surface area contributed by atoms with Crippen LogP contribution in [0.15, 0.2) is 58.1 Å². The molecule has 0 aliphatic carbocycles. The van der Waals surface area contributed by atoms with E-state index in [9.17, 15) is 0 Å². The van der Waals surface area contributed by atoms with Crippen molar-refractivity contribution in [3.63, 3.8) is 0 Å². The molecule has 0 aliphatic heterocycles. The third-order valence-corrected chi connectivity index (χ3v) is 3.89. The van der Waals surface area contributed by atoms with Crippen LogP contribution in [0.5, 0.6) is 0 Å². The number of aromatic amines is 1. The van der Waals surface area contributed by atoms with Gasteiger partial charge >= 0.3 is 0 Å². The van der Waals surface area contributed by atoms with Crippen molar-refractivity contribution in [2.75, 3.05) is 0 Å². The third kappa shape index (κ3) is 3.23. The molecule has 0 fully saturated rings. The number of hydrogen-bond acceptors (Lipinski definition) is 3. The highest BCUT2D eigenvalue weighted by atomic mass is 79.9. The highest BCUT2D eigenvalue weighted by Gasteiger charge is 2.07. The fourth-order valence-corrected chi connectivity index (χ4v) is 2.60. The first-order valence-electron chi connectivity index (χ1n) is 6.68. The van der Waals surface area contributed by atoms with E-state index in [-0.39, 0.29) is 0 Å². The van der Waals surface area contributed by atoms with E-state index in [0.29, 0.717) is 10.6 Å². The zero-order valence-corrected chi connectivity index (χ0v) is 14.2. The van der Waals surface area contributed by atoms with Crippen molar-refractivity contribution >= 4 is 34.4 Å². The minimum absolute atomic E-state index is 0.460. The van der Waals surface area contributed by atoms with Crippen LogP contribution >= 0.6 is 28.1 Å². The molecule has 0 bridgehead atoms. The molecule has 2 aromatic carbocycles. The summed E-state index contributed by atoms with van der Waals surface area (Å²) in [5, 5.41) is 11.5. The van der Waals surface area contributed by atoms with Gasteiger partial charge in [-0.25, -0.2) is 5.10 Å². The zero-order valence-electron chi connectivity index (χ0n) is 11.8. The molecular formula is C16H13BrN4S. The predicted molar refractivity (Wildman–Crippen MR) is 94.7 cm³/mol. The number of aryl methyl sites for hydroxylation is 1. The highest BCUT2D eigenvalue weighted by molar-refractivity contribution is 9.10. The summed E-state index contributed by atoms with van der Waals surface area (Å²) < 4.78 is 3.09. The highest BCUT2D eigenvalue weighted by Crippen LogP contribution is 2.18. The van der Waals surface area contributed by atoms with Gasteiger partial charge in [-0.1, -0.05) is 57.9 Å². The lowest BCUT2D eigenvalue weighted by atomic mass is 10.1. The molecule has 0 aliphatic rings. The number of nitrogens with zero attached hydrogens (tertiary/aromatic N) is 3. The summed E-state index contributed by atoms with van der Waals surface area (Å²) in [6.45, 7) is 2.05. The lowest BCUT2D eigenvalue weighted by Crippen LogP contribution is -1.95. The smallest absolute Gasteiger partial charge is 0.216 e. The van der Waals surface area contributed by atoms with Crippen molar-refractivity contribution in [1.29, 1.82) is 0 Å². The molecule has 0 amide bonds. The van der Waals surface area contributed by atoms with E-state index in [4.69, 9.17) is 12.2 Å². The Morgan fingerprint density at radius 2 is 2.00 bits per heavy atom. The first-order valence-corrected chi connectivity index (χ1v) is 7.88. The Morgan fingerprint density at radius 1 is 1.23 bits per heavy atom. The number of nitrogens with one attached hydrogen (secondary N) is 1. The van der Waals surface area contributed by atoms with Crippen LogP contribution in [0.4, 0.5) is 0 Å². The predicted octanol–water partition coefficient (Wildman–Crippen LogP) is 4.56. The number of benzene rings is 2. The molecule has 0 atom stereocenters. The summed E-state index contributed by atoms with van der Waals surface area (Å²) in [7, 11) is 0. The quantitative estimate of drug-likeness (QED) is 0.540. The van der Waals surface area contributed by atoms with Crippen molar-refractivity contribution in [2.45, 2.75) is 6.92 Å². The molecule has 1 N–H and O–H groups in total. The van der Waals surface area contributed by atoms with Crippen LogP contribution in [0.25, 0.3) is 11.4 Å². The van der Waals surface area contributed by atoms with Gasteiger partial charge in [0.05, 0.1) is 6.21 Å². The fraction of sp³-hybridized carbons (Fsp3) is 0.0625. The van der Waals surface area contributed by atoms with E-state index in [1.54, 1.807) is 10.9 Å². The van der Waals surface area contributed by atoms with Crippen LogP contribution in [-0.2, 0) is 0 Å². The minimum Gasteiger partial charge on any atom is -0.250 e. The SMILES string of the molecule is Cc1ccc(-c2n[nH]c(=S)n2N=Cc2cccc(Br)c2)cc1. The van der Waals surface area contributed by atoms with Crippen LogP contribution in [0.3, 0.4) is 0 Å². The monoisotopic (exact) mass is 372 g/mol. The van der Waals surface area contributed by atoms with E-state index in [1.807, 2.05) is 55.5 Å². The van der Waals surface area contributed by atoms with Gasteiger partial charge in [0, 0.05) is 10.0 Å². The summed E-state index contributed by atoms with van der Waals surface area (Å²) in [4.78, 5) is 0. The van der Waals surface area contributed by atoms with Gasteiger partial charge in [-0.05, 0) is 36.8 Å². The van der Waals surface area contributed by atoms with Gasteiger partial charge in [0.1, 0.15) is 0 Å². The van der Waals surface area contributed by atoms with Crippen LogP contribution in [0.2, 0.25) is 0 Å². The van der Waals surface area contributed by atoms with Gasteiger partial charge in [0.2, 0.25) is 4.77 Å². The van der Waals surface area contributed by atoms with Crippen molar-refractivity contribution in [3.05, 3.63) is 68.9 Å². The molecule has 1 aromatic heterocycles. The average Bonchev–Trinajstić information content (AvgIpc) is 2.87. The van der Waals surface area contributed by atoms with Crippen molar-refractivity contribution in [2.24, 2.45) is 5.10 Å². The minimum atomic E-state index is 0.460. The summed E-state index contributed by atoms with van der Waals surface area (Å²) in [6.07, 6.45) is 1.76. The molecule has 0 radical (unpaired) electrons. The van der Waals surface area contributed by atoms with Crippen molar-refractivity contribution in [3.8, 4) is 11.4 Å². The molecule has 4 nitrogen and oxygen atoms in total. The maximum atomic E-state index is 5.26. The van der Waals surface area contributed by atoms with Gasteiger partial charge in [-0.15, -0.1) is 0 Å². The maximum Gasteiger partial charge on any atom is 0.216 e. The lowest BCUT2D eigenvalue weighted by Gasteiger charge is -2.01. The number of halogens is 1. The zero-order chi connectivity index (χ0) is 15.5. The Hall–Kier alpha value is -2.05. The molecule has 0 spiro atoms. The topological polar surface area (TPSA) is 46.0 Å². The normalized spacial score (nSPS) is 11.2. The summed E-state index contributed by atoms with van der Waals surface area (Å²) in [5.41, 5.74) is 3.14. The fourth-order valence-electron chi connectivity index (χ4n) is 2.00. The number of aromatic nitrogens is 3.